The number of nitrogens with one attached hydrogen (secondary N) is 2. The number of aryl methyl sites for hydroxylation is 1. The number of hydrogen-bond donors (Lipinski definition) is 2. The summed E-state index contributed by atoms with van der Waals surface area (Å²) >= 11 is 2.07. The number of thioether (sulfide) groups is 1. The smallest absolute Gasteiger partial charge is 0.191 e. The lowest BCUT2D eigenvalue weighted by Gasteiger charge is -2.16. The van der Waals surface area contributed by atoms with Crippen LogP contribution in [0, 0.1) is 6.92 Å². The first-order valence-electron chi connectivity index (χ1n) is 8.50. The summed E-state index contributed by atoms with van der Waals surface area (Å²) in [7, 11) is 4.14. The summed E-state index contributed by atoms with van der Waals surface area (Å²) in [6.45, 7) is 6.88. The molecule has 1 heterocycles. The first-order chi connectivity index (χ1) is 11.1. The van der Waals surface area contributed by atoms with Crippen LogP contribution in [0.3, 0.4) is 0 Å². The van der Waals surface area contributed by atoms with E-state index in [0.717, 1.165) is 24.3 Å². The van der Waals surface area contributed by atoms with Crippen LogP contribution >= 0.6 is 11.8 Å². The van der Waals surface area contributed by atoms with E-state index in [1.54, 1.807) is 0 Å². The third-order valence-electron chi connectivity index (χ3n) is 4.12. The molecule has 4 nitrogen and oxygen atoms in total. The molecule has 1 atom stereocenters. The van der Waals surface area contributed by atoms with Crippen LogP contribution in [0.1, 0.15) is 30.9 Å². The summed E-state index contributed by atoms with van der Waals surface area (Å²) < 4.78 is 0. The second-order valence-electron chi connectivity index (χ2n) is 6.22. The molecule has 1 aromatic rings. The number of benzene rings is 1. The second kappa shape index (κ2) is 9.06. The Labute approximate surface area is 145 Å². The Morgan fingerprint density at radius 2 is 2.17 bits per heavy atom. The van der Waals surface area contributed by atoms with E-state index in [9.17, 15) is 0 Å². The fourth-order valence-electron chi connectivity index (χ4n) is 2.66. The standard InChI is InChI=1S/C18H30N4S/c1-5-19-18(21-13-17-7-6-10-23-17)20-12-15-8-9-16(22(3)4)11-14(15)2/h8-9,11,17H,5-7,10,12-13H2,1-4H3,(H2,19,20,21). The van der Waals surface area contributed by atoms with Crippen LogP contribution in [0.25, 0.3) is 0 Å². The van der Waals surface area contributed by atoms with Gasteiger partial charge < -0.3 is 15.5 Å². The van der Waals surface area contributed by atoms with Crippen LogP contribution in [-0.4, -0.2) is 44.1 Å². The molecule has 0 amide bonds. The Bertz CT molecular complexity index is 522. The number of nitrogens with zero attached hydrogens (tertiary/aromatic N) is 2. The predicted molar refractivity (Wildman–Crippen MR) is 104 cm³/mol. The first kappa shape index (κ1) is 18.0. The molecule has 0 aliphatic carbocycles. The molecule has 0 bridgehead atoms. The molecule has 23 heavy (non-hydrogen) atoms. The fraction of sp³-hybridized carbons (Fsp3) is 0.611. The van der Waals surface area contributed by atoms with Crippen LogP contribution in [0.4, 0.5) is 5.69 Å². The van der Waals surface area contributed by atoms with Crippen molar-refractivity contribution in [3.05, 3.63) is 29.3 Å². The largest absolute Gasteiger partial charge is 0.378 e. The van der Waals surface area contributed by atoms with Gasteiger partial charge in [0.25, 0.3) is 0 Å². The maximum atomic E-state index is 4.75. The van der Waals surface area contributed by atoms with E-state index < -0.39 is 0 Å². The van der Waals surface area contributed by atoms with Crippen molar-refractivity contribution in [2.45, 2.75) is 38.5 Å². The molecular weight excluding hydrogens is 304 g/mol. The van der Waals surface area contributed by atoms with E-state index in [1.165, 1.54) is 35.4 Å². The van der Waals surface area contributed by atoms with Crippen LogP contribution in [0.15, 0.2) is 23.2 Å². The quantitative estimate of drug-likeness (QED) is 0.620. The first-order valence-corrected chi connectivity index (χ1v) is 9.55. The molecule has 1 aromatic carbocycles. The van der Waals surface area contributed by atoms with Gasteiger partial charge in [0.1, 0.15) is 0 Å². The zero-order valence-electron chi connectivity index (χ0n) is 14.9. The summed E-state index contributed by atoms with van der Waals surface area (Å²) in [5, 5.41) is 7.58. The normalized spacial score (nSPS) is 18.1. The number of hydrogen-bond acceptors (Lipinski definition) is 3. The van der Waals surface area contributed by atoms with Crippen molar-refractivity contribution >= 4 is 23.4 Å². The van der Waals surface area contributed by atoms with Crippen molar-refractivity contribution < 1.29 is 0 Å². The number of anilines is 1. The van der Waals surface area contributed by atoms with Gasteiger partial charge in [-0.25, -0.2) is 4.99 Å². The molecule has 2 N–H and O–H groups in total. The van der Waals surface area contributed by atoms with E-state index in [1.807, 2.05) is 0 Å². The van der Waals surface area contributed by atoms with Gasteiger partial charge in [-0.2, -0.15) is 11.8 Å². The molecule has 5 heteroatoms. The van der Waals surface area contributed by atoms with Crippen molar-refractivity contribution in [2.75, 3.05) is 37.8 Å². The highest BCUT2D eigenvalue weighted by Gasteiger charge is 2.15. The van der Waals surface area contributed by atoms with Gasteiger partial charge in [0.2, 0.25) is 0 Å². The molecule has 1 unspecified atom stereocenters. The zero-order chi connectivity index (χ0) is 16.7. The Balaban J connectivity index is 1.96. The fourth-order valence-corrected chi connectivity index (χ4v) is 3.86. The lowest BCUT2D eigenvalue weighted by atomic mass is 10.1. The maximum Gasteiger partial charge on any atom is 0.191 e. The lowest BCUT2D eigenvalue weighted by Crippen LogP contribution is -2.40. The van der Waals surface area contributed by atoms with Crippen LogP contribution in [0.2, 0.25) is 0 Å². The molecule has 2 rings (SSSR count). The van der Waals surface area contributed by atoms with Crippen molar-refractivity contribution in [1.82, 2.24) is 10.6 Å². The summed E-state index contributed by atoms with van der Waals surface area (Å²) in [6, 6.07) is 6.57. The third kappa shape index (κ3) is 5.65. The molecule has 1 aliphatic heterocycles. The minimum Gasteiger partial charge on any atom is -0.378 e. The topological polar surface area (TPSA) is 39.7 Å². The molecule has 0 aromatic heterocycles. The Morgan fingerprint density at radius 1 is 1.35 bits per heavy atom. The van der Waals surface area contributed by atoms with Crippen molar-refractivity contribution in [3.8, 4) is 0 Å². The van der Waals surface area contributed by atoms with Gasteiger partial charge in [-0.15, -0.1) is 0 Å². The SMILES string of the molecule is CCNC(=NCc1ccc(N(C)C)cc1C)NCC1CCCS1. The van der Waals surface area contributed by atoms with Crippen molar-refractivity contribution in [3.63, 3.8) is 0 Å². The van der Waals surface area contributed by atoms with E-state index in [0.29, 0.717) is 6.54 Å². The van der Waals surface area contributed by atoms with Gasteiger partial charge in [-0.1, -0.05) is 6.07 Å². The maximum absolute atomic E-state index is 4.75. The highest BCUT2D eigenvalue weighted by molar-refractivity contribution is 8.00. The van der Waals surface area contributed by atoms with Crippen molar-refractivity contribution in [1.29, 1.82) is 0 Å². The number of rotatable bonds is 6. The van der Waals surface area contributed by atoms with E-state index >= 15 is 0 Å². The van der Waals surface area contributed by atoms with Gasteiger partial charge in [0, 0.05) is 38.1 Å². The van der Waals surface area contributed by atoms with Gasteiger partial charge in [0.05, 0.1) is 6.54 Å². The Hall–Kier alpha value is -1.36. The molecule has 1 saturated heterocycles. The minimum absolute atomic E-state index is 0.715. The monoisotopic (exact) mass is 334 g/mol. The summed E-state index contributed by atoms with van der Waals surface area (Å²) in [4.78, 5) is 6.88. The molecule has 128 valence electrons. The Kier molecular flexibility index (Phi) is 7.09. The average molecular weight is 335 g/mol. The molecule has 0 saturated carbocycles. The number of aliphatic imine (C=N–C) groups is 1. The van der Waals surface area contributed by atoms with Crippen LogP contribution in [-0.2, 0) is 6.54 Å². The van der Waals surface area contributed by atoms with Gasteiger partial charge in [-0.3, -0.25) is 0 Å². The minimum atomic E-state index is 0.715. The third-order valence-corrected chi connectivity index (χ3v) is 5.51. The van der Waals surface area contributed by atoms with Crippen LogP contribution < -0.4 is 15.5 Å². The van der Waals surface area contributed by atoms with E-state index in [4.69, 9.17) is 4.99 Å². The average Bonchev–Trinajstić information content (AvgIpc) is 3.04. The highest BCUT2D eigenvalue weighted by atomic mass is 32.2. The summed E-state index contributed by atoms with van der Waals surface area (Å²) in [6.07, 6.45) is 2.67. The lowest BCUT2D eigenvalue weighted by molar-refractivity contribution is 0.727. The van der Waals surface area contributed by atoms with Crippen molar-refractivity contribution in [2.24, 2.45) is 4.99 Å². The molecule has 1 aliphatic rings. The van der Waals surface area contributed by atoms with Gasteiger partial charge in [-0.05, 0) is 55.7 Å². The van der Waals surface area contributed by atoms with Gasteiger partial charge in [0.15, 0.2) is 5.96 Å². The van der Waals surface area contributed by atoms with Crippen LogP contribution in [0.5, 0.6) is 0 Å². The second-order valence-corrected chi connectivity index (χ2v) is 7.62. The summed E-state index contributed by atoms with van der Waals surface area (Å²) in [5.41, 5.74) is 3.81. The summed E-state index contributed by atoms with van der Waals surface area (Å²) in [5.74, 6) is 2.23. The predicted octanol–water partition coefficient (Wildman–Crippen LogP) is 3.01. The molecule has 0 spiro atoms. The Morgan fingerprint density at radius 3 is 2.78 bits per heavy atom. The number of guanidine groups is 1. The van der Waals surface area contributed by atoms with E-state index in [2.05, 4.69) is 73.4 Å². The highest BCUT2D eigenvalue weighted by Crippen LogP contribution is 2.25. The van der Waals surface area contributed by atoms with E-state index in [-0.39, 0.29) is 0 Å². The molecule has 1 fully saturated rings. The molecule has 0 radical (unpaired) electrons. The molecular formula is C18H30N4S. The zero-order valence-corrected chi connectivity index (χ0v) is 15.7. The van der Waals surface area contributed by atoms with Gasteiger partial charge >= 0.3 is 0 Å².